The van der Waals surface area contributed by atoms with Gasteiger partial charge in [0.15, 0.2) is 5.16 Å². The van der Waals surface area contributed by atoms with Gasteiger partial charge in [-0.2, -0.15) is 0 Å². The van der Waals surface area contributed by atoms with Gasteiger partial charge in [-0.15, -0.1) is 0 Å². The Hall–Kier alpha value is -2.76. The minimum absolute atomic E-state index is 0.0668. The maximum atomic E-state index is 13.2. The topological polar surface area (TPSA) is 46.9 Å². The van der Waals surface area contributed by atoms with Gasteiger partial charge in [0.1, 0.15) is 0 Å². The van der Waals surface area contributed by atoms with E-state index < -0.39 is 0 Å². The lowest BCUT2D eigenvalue weighted by Gasteiger charge is -2.13. The predicted octanol–water partition coefficient (Wildman–Crippen LogP) is 5.63. The van der Waals surface area contributed by atoms with Gasteiger partial charge in [-0.25, -0.2) is 4.98 Å². The number of nitrogens with one attached hydrogen (secondary N) is 1. The van der Waals surface area contributed by atoms with E-state index in [0.29, 0.717) is 21.1 Å². The molecule has 0 fully saturated rings. The standard InChI is InChI=1S/C23H20ClN3OS/c24-17-11-13-19(14-12-17)27-22(28)20-9-4-5-10-21(20)26-23(27)29-16-6-15-25-18-7-2-1-3-8-18/h1-5,7-14,25H,6,15-16H2. The summed E-state index contributed by atoms with van der Waals surface area (Å²) < 4.78 is 1.67. The molecule has 0 atom stereocenters. The highest BCUT2D eigenvalue weighted by atomic mass is 35.5. The van der Waals surface area contributed by atoms with E-state index in [1.165, 1.54) is 0 Å². The van der Waals surface area contributed by atoms with Crippen LogP contribution in [0.5, 0.6) is 0 Å². The Labute approximate surface area is 178 Å². The van der Waals surface area contributed by atoms with Gasteiger partial charge < -0.3 is 5.32 Å². The summed E-state index contributed by atoms with van der Waals surface area (Å²) in [6, 6.07) is 24.9. The van der Waals surface area contributed by atoms with Gasteiger partial charge in [0.2, 0.25) is 0 Å². The molecule has 0 unspecified atom stereocenters. The lowest BCUT2D eigenvalue weighted by atomic mass is 10.2. The summed E-state index contributed by atoms with van der Waals surface area (Å²) in [6.45, 7) is 0.857. The average Bonchev–Trinajstić information content (AvgIpc) is 2.75. The van der Waals surface area contributed by atoms with E-state index in [0.717, 1.165) is 30.1 Å². The Morgan fingerprint density at radius 3 is 2.45 bits per heavy atom. The third-order valence-corrected chi connectivity index (χ3v) is 5.76. The molecule has 0 radical (unpaired) electrons. The molecule has 4 aromatic rings. The van der Waals surface area contributed by atoms with Gasteiger partial charge in [0, 0.05) is 23.0 Å². The highest BCUT2D eigenvalue weighted by Crippen LogP contribution is 2.23. The molecule has 1 aromatic heterocycles. The zero-order valence-electron chi connectivity index (χ0n) is 15.7. The van der Waals surface area contributed by atoms with Crippen LogP contribution in [0.25, 0.3) is 16.6 Å². The van der Waals surface area contributed by atoms with E-state index in [1.807, 2.05) is 54.6 Å². The molecule has 1 heterocycles. The third kappa shape index (κ3) is 4.63. The highest BCUT2D eigenvalue weighted by molar-refractivity contribution is 7.99. The van der Waals surface area contributed by atoms with Crippen LogP contribution < -0.4 is 10.9 Å². The Morgan fingerprint density at radius 2 is 1.66 bits per heavy atom. The van der Waals surface area contributed by atoms with Crippen molar-refractivity contribution in [2.24, 2.45) is 0 Å². The number of anilines is 1. The highest BCUT2D eigenvalue weighted by Gasteiger charge is 2.13. The van der Waals surface area contributed by atoms with E-state index in [2.05, 4.69) is 17.4 Å². The zero-order chi connectivity index (χ0) is 20.1. The minimum Gasteiger partial charge on any atom is -0.385 e. The van der Waals surface area contributed by atoms with Crippen LogP contribution in [-0.2, 0) is 0 Å². The summed E-state index contributed by atoms with van der Waals surface area (Å²) in [5, 5.41) is 5.34. The molecule has 0 amide bonds. The Balaban J connectivity index is 1.56. The second-order valence-corrected chi connectivity index (χ2v) is 8.02. The van der Waals surface area contributed by atoms with Gasteiger partial charge >= 0.3 is 0 Å². The maximum Gasteiger partial charge on any atom is 0.266 e. The first-order chi connectivity index (χ1) is 14.2. The summed E-state index contributed by atoms with van der Waals surface area (Å²) in [4.78, 5) is 17.9. The first-order valence-corrected chi connectivity index (χ1v) is 10.8. The van der Waals surface area contributed by atoms with Crippen molar-refractivity contribution in [1.29, 1.82) is 0 Å². The monoisotopic (exact) mass is 421 g/mol. The van der Waals surface area contributed by atoms with E-state index in [9.17, 15) is 4.79 Å². The maximum absolute atomic E-state index is 13.2. The second kappa shape index (κ2) is 9.16. The normalized spacial score (nSPS) is 10.9. The minimum atomic E-state index is -0.0668. The number of halogens is 1. The molecular formula is C23H20ClN3OS. The number of hydrogen-bond acceptors (Lipinski definition) is 4. The Kier molecular flexibility index (Phi) is 6.17. The Bertz CT molecular complexity index is 1160. The molecule has 0 aliphatic carbocycles. The van der Waals surface area contributed by atoms with E-state index in [4.69, 9.17) is 16.6 Å². The fraction of sp³-hybridized carbons (Fsp3) is 0.130. The summed E-state index contributed by atoms with van der Waals surface area (Å²) in [5.41, 5.74) is 2.53. The van der Waals surface area contributed by atoms with Gasteiger partial charge in [-0.1, -0.05) is 53.7 Å². The Morgan fingerprint density at radius 1 is 0.931 bits per heavy atom. The quantitative estimate of drug-likeness (QED) is 0.238. The zero-order valence-corrected chi connectivity index (χ0v) is 17.3. The number of aromatic nitrogens is 2. The van der Waals surface area contributed by atoms with Crippen molar-refractivity contribution in [1.82, 2.24) is 9.55 Å². The van der Waals surface area contributed by atoms with Crippen molar-refractivity contribution in [3.05, 3.63) is 94.2 Å². The lowest BCUT2D eigenvalue weighted by Crippen LogP contribution is -2.21. The van der Waals surface area contributed by atoms with E-state index in [1.54, 1.807) is 28.5 Å². The van der Waals surface area contributed by atoms with Crippen molar-refractivity contribution in [3.8, 4) is 5.69 Å². The molecule has 6 heteroatoms. The van der Waals surface area contributed by atoms with Crippen LogP contribution in [0, 0.1) is 0 Å². The molecule has 146 valence electrons. The van der Waals surface area contributed by atoms with E-state index >= 15 is 0 Å². The molecule has 0 aliphatic heterocycles. The summed E-state index contributed by atoms with van der Waals surface area (Å²) in [7, 11) is 0. The largest absolute Gasteiger partial charge is 0.385 e. The molecular weight excluding hydrogens is 402 g/mol. The SMILES string of the molecule is O=c1c2ccccc2nc(SCCCNc2ccccc2)n1-c1ccc(Cl)cc1. The number of benzene rings is 3. The summed E-state index contributed by atoms with van der Waals surface area (Å²) in [6.07, 6.45) is 0.947. The van der Waals surface area contributed by atoms with Gasteiger partial charge in [0.25, 0.3) is 5.56 Å². The molecule has 29 heavy (non-hydrogen) atoms. The fourth-order valence-corrected chi connectivity index (χ4v) is 4.13. The smallest absolute Gasteiger partial charge is 0.266 e. The van der Waals surface area contributed by atoms with Crippen LogP contribution in [0.2, 0.25) is 5.02 Å². The number of fused-ring (bicyclic) bond motifs is 1. The van der Waals surface area contributed by atoms with Crippen LogP contribution in [0.15, 0.2) is 88.8 Å². The van der Waals surface area contributed by atoms with E-state index in [-0.39, 0.29) is 5.56 Å². The van der Waals surface area contributed by atoms with Crippen LogP contribution in [0.3, 0.4) is 0 Å². The van der Waals surface area contributed by atoms with Crippen molar-refractivity contribution in [2.45, 2.75) is 11.6 Å². The average molecular weight is 422 g/mol. The van der Waals surface area contributed by atoms with Crippen LogP contribution >= 0.6 is 23.4 Å². The van der Waals surface area contributed by atoms with Gasteiger partial charge in [-0.05, 0) is 55.0 Å². The van der Waals surface area contributed by atoms with Crippen LogP contribution in [0.1, 0.15) is 6.42 Å². The molecule has 0 saturated heterocycles. The molecule has 4 nitrogen and oxygen atoms in total. The van der Waals surface area contributed by atoms with Crippen molar-refractivity contribution < 1.29 is 0 Å². The van der Waals surface area contributed by atoms with Crippen molar-refractivity contribution in [3.63, 3.8) is 0 Å². The lowest BCUT2D eigenvalue weighted by molar-refractivity contribution is 0.818. The number of rotatable bonds is 7. The number of para-hydroxylation sites is 2. The molecule has 0 spiro atoms. The predicted molar refractivity (Wildman–Crippen MR) is 123 cm³/mol. The summed E-state index contributed by atoms with van der Waals surface area (Å²) in [5.74, 6) is 0.845. The van der Waals surface area contributed by atoms with Crippen LogP contribution in [-0.4, -0.2) is 21.8 Å². The first kappa shape index (κ1) is 19.6. The molecule has 0 saturated carbocycles. The summed E-state index contributed by atoms with van der Waals surface area (Å²) >= 11 is 7.62. The van der Waals surface area contributed by atoms with Gasteiger partial charge in [-0.3, -0.25) is 9.36 Å². The molecule has 3 aromatic carbocycles. The second-order valence-electron chi connectivity index (χ2n) is 6.52. The number of thioether (sulfide) groups is 1. The number of nitrogens with zero attached hydrogens (tertiary/aromatic N) is 2. The third-order valence-electron chi connectivity index (χ3n) is 4.48. The molecule has 0 aliphatic rings. The van der Waals surface area contributed by atoms with Crippen molar-refractivity contribution >= 4 is 40.0 Å². The molecule has 4 rings (SSSR count). The molecule has 0 bridgehead atoms. The first-order valence-electron chi connectivity index (χ1n) is 9.42. The number of hydrogen-bond donors (Lipinski definition) is 1. The van der Waals surface area contributed by atoms with Crippen molar-refractivity contribution in [2.75, 3.05) is 17.6 Å². The fourth-order valence-electron chi connectivity index (χ4n) is 3.05. The van der Waals surface area contributed by atoms with Crippen LogP contribution in [0.4, 0.5) is 5.69 Å². The van der Waals surface area contributed by atoms with Gasteiger partial charge in [0.05, 0.1) is 16.6 Å². The molecule has 1 N–H and O–H groups in total.